The Labute approximate surface area is 101 Å². The summed E-state index contributed by atoms with van der Waals surface area (Å²) < 4.78 is 0. The Morgan fingerprint density at radius 3 is 2.44 bits per heavy atom. The van der Waals surface area contributed by atoms with Crippen LogP contribution in [0.25, 0.3) is 0 Å². The van der Waals surface area contributed by atoms with Crippen LogP contribution in [0.3, 0.4) is 0 Å². The molecule has 16 heavy (non-hydrogen) atoms. The summed E-state index contributed by atoms with van der Waals surface area (Å²) in [5.74, 6) is 1.97. The Morgan fingerprint density at radius 2 is 1.88 bits per heavy atom. The molecule has 0 radical (unpaired) electrons. The first-order chi connectivity index (χ1) is 7.79. The molecule has 0 spiro atoms. The molecule has 0 heterocycles. The van der Waals surface area contributed by atoms with E-state index in [0.29, 0.717) is 0 Å². The van der Waals surface area contributed by atoms with Crippen molar-refractivity contribution in [3.05, 3.63) is 0 Å². The predicted octanol–water partition coefficient (Wildman–Crippen LogP) is 2.50. The zero-order valence-corrected chi connectivity index (χ0v) is 11.0. The molecular weight excluding hydrogens is 196 g/mol. The molecule has 2 nitrogen and oxygen atoms in total. The Balaban J connectivity index is 1.68. The van der Waals surface area contributed by atoms with E-state index in [2.05, 4.69) is 24.2 Å². The molecule has 0 aromatic rings. The van der Waals surface area contributed by atoms with Crippen molar-refractivity contribution in [3.63, 3.8) is 0 Å². The first kappa shape index (κ1) is 12.4. The number of hydrogen-bond donors (Lipinski definition) is 1. The molecule has 0 amide bonds. The van der Waals surface area contributed by atoms with Crippen LogP contribution in [0.1, 0.15) is 45.4 Å². The van der Waals surface area contributed by atoms with E-state index >= 15 is 0 Å². The number of rotatable bonds is 7. The van der Waals surface area contributed by atoms with Gasteiger partial charge in [-0.15, -0.1) is 0 Å². The maximum atomic E-state index is 3.66. The molecule has 0 aliphatic heterocycles. The van der Waals surface area contributed by atoms with Crippen LogP contribution in [0.5, 0.6) is 0 Å². The fraction of sp³-hybridized carbons (Fsp3) is 1.00. The van der Waals surface area contributed by atoms with Gasteiger partial charge in [0.2, 0.25) is 0 Å². The summed E-state index contributed by atoms with van der Waals surface area (Å²) in [7, 11) is 2.31. The van der Waals surface area contributed by atoms with Crippen molar-refractivity contribution in [2.45, 2.75) is 51.5 Å². The monoisotopic (exact) mass is 224 g/mol. The molecule has 0 aromatic heterocycles. The quantitative estimate of drug-likeness (QED) is 0.715. The lowest BCUT2D eigenvalue weighted by Gasteiger charge is -2.26. The molecule has 0 bridgehead atoms. The second-order valence-electron chi connectivity index (χ2n) is 5.87. The Bertz CT molecular complexity index is 195. The van der Waals surface area contributed by atoms with Gasteiger partial charge in [-0.3, -0.25) is 0 Å². The zero-order valence-electron chi connectivity index (χ0n) is 11.0. The second kappa shape index (κ2) is 6.02. The van der Waals surface area contributed by atoms with Gasteiger partial charge in [-0.05, 0) is 51.1 Å². The average Bonchev–Trinajstić information content (AvgIpc) is 2.98. The third kappa shape index (κ3) is 3.74. The molecule has 1 atom stereocenters. The van der Waals surface area contributed by atoms with E-state index in [1.165, 1.54) is 51.6 Å². The first-order valence-corrected chi connectivity index (χ1v) is 7.21. The lowest BCUT2D eigenvalue weighted by molar-refractivity contribution is 0.239. The van der Waals surface area contributed by atoms with E-state index in [1.807, 2.05) is 0 Å². The predicted molar refractivity (Wildman–Crippen MR) is 69.6 cm³/mol. The molecule has 1 N–H and O–H groups in total. The van der Waals surface area contributed by atoms with Gasteiger partial charge < -0.3 is 10.2 Å². The van der Waals surface area contributed by atoms with E-state index in [4.69, 9.17) is 0 Å². The lowest BCUT2D eigenvalue weighted by Crippen LogP contribution is -2.42. The Hall–Kier alpha value is -0.0800. The molecule has 2 aliphatic rings. The van der Waals surface area contributed by atoms with Gasteiger partial charge in [-0.1, -0.05) is 19.8 Å². The van der Waals surface area contributed by atoms with Gasteiger partial charge in [0.1, 0.15) is 0 Å². The maximum Gasteiger partial charge on any atom is 0.0223 e. The molecular formula is C14H28N2. The Morgan fingerprint density at radius 1 is 1.19 bits per heavy atom. The van der Waals surface area contributed by atoms with Crippen LogP contribution >= 0.6 is 0 Å². The largest absolute Gasteiger partial charge is 0.313 e. The van der Waals surface area contributed by atoms with E-state index in [-0.39, 0.29) is 0 Å². The minimum absolute atomic E-state index is 0.761. The van der Waals surface area contributed by atoms with E-state index in [9.17, 15) is 0 Å². The van der Waals surface area contributed by atoms with Crippen molar-refractivity contribution in [2.75, 3.05) is 26.7 Å². The number of likely N-dealkylation sites (N-methyl/N-ethyl adjacent to an activating group) is 2. The Kier molecular flexibility index (Phi) is 4.66. The molecule has 1 unspecified atom stereocenters. The third-order valence-corrected chi connectivity index (χ3v) is 4.21. The minimum atomic E-state index is 0.761. The van der Waals surface area contributed by atoms with Crippen molar-refractivity contribution in [2.24, 2.45) is 11.8 Å². The lowest BCUT2D eigenvalue weighted by atomic mass is 10.1. The molecule has 0 saturated heterocycles. The third-order valence-electron chi connectivity index (χ3n) is 4.21. The van der Waals surface area contributed by atoms with Gasteiger partial charge in [0.15, 0.2) is 0 Å². The standard InChI is InChI=1S/C14H28N2/c1-3-15-14(13-8-9-13)11-16(2)10-12-6-4-5-7-12/h12-15H,3-11H2,1-2H3. The van der Waals surface area contributed by atoms with E-state index < -0.39 is 0 Å². The molecule has 2 rings (SSSR count). The molecule has 2 saturated carbocycles. The summed E-state index contributed by atoms with van der Waals surface area (Å²) in [6, 6.07) is 0.761. The van der Waals surface area contributed by atoms with Crippen molar-refractivity contribution in [3.8, 4) is 0 Å². The minimum Gasteiger partial charge on any atom is -0.313 e. The highest BCUT2D eigenvalue weighted by atomic mass is 15.1. The maximum absolute atomic E-state index is 3.66. The first-order valence-electron chi connectivity index (χ1n) is 7.21. The molecule has 2 aliphatic carbocycles. The highest BCUT2D eigenvalue weighted by Crippen LogP contribution is 2.33. The summed E-state index contributed by atoms with van der Waals surface area (Å²) in [5, 5.41) is 3.66. The number of hydrogen-bond acceptors (Lipinski definition) is 2. The van der Waals surface area contributed by atoms with Crippen molar-refractivity contribution >= 4 is 0 Å². The zero-order chi connectivity index (χ0) is 11.4. The normalized spacial score (nSPS) is 24.2. The van der Waals surface area contributed by atoms with Crippen molar-refractivity contribution < 1.29 is 0 Å². The van der Waals surface area contributed by atoms with Crippen molar-refractivity contribution in [1.29, 1.82) is 0 Å². The number of nitrogens with one attached hydrogen (secondary N) is 1. The number of nitrogens with zero attached hydrogens (tertiary/aromatic N) is 1. The van der Waals surface area contributed by atoms with Crippen molar-refractivity contribution in [1.82, 2.24) is 10.2 Å². The summed E-state index contributed by atoms with van der Waals surface area (Å²) in [4.78, 5) is 2.57. The van der Waals surface area contributed by atoms with Crippen LogP contribution in [-0.2, 0) is 0 Å². The summed E-state index contributed by atoms with van der Waals surface area (Å²) >= 11 is 0. The van der Waals surface area contributed by atoms with E-state index in [0.717, 1.165) is 24.4 Å². The van der Waals surface area contributed by atoms with Gasteiger partial charge in [0, 0.05) is 19.1 Å². The van der Waals surface area contributed by atoms with Gasteiger partial charge in [0.05, 0.1) is 0 Å². The SMILES string of the molecule is CCNC(CN(C)CC1CCCC1)C1CC1. The fourth-order valence-corrected chi connectivity index (χ4v) is 3.19. The van der Waals surface area contributed by atoms with Crippen LogP contribution in [0.2, 0.25) is 0 Å². The molecule has 2 fully saturated rings. The highest BCUT2D eigenvalue weighted by molar-refractivity contribution is 4.88. The van der Waals surface area contributed by atoms with Gasteiger partial charge in [0.25, 0.3) is 0 Å². The smallest absolute Gasteiger partial charge is 0.0223 e. The molecule has 0 aromatic carbocycles. The van der Waals surface area contributed by atoms with Gasteiger partial charge in [-0.25, -0.2) is 0 Å². The van der Waals surface area contributed by atoms with Crippen LogP contribution in [0.15, 0.2) is 0 Å². The van der Waals surface area contributed by atoms with Crippen LogP contribution in [-0.4, -0.2) is 37.6 Å². The molecule has 94 valence electrons. The molecule has 2 heteroatoms. The van der Waals surface area contributed by atoms with Gasteiger partial charge >= 0.3 is 0 Å². The fourth-order valence-electron chi connectivity index (χ4n) is 3.19. The van der Waals surface area contributed by atoms with Crippen LogP contribution in [0.4, 0.5) is 0 Å². The summed E-state index contributed by atoms with van der Waals surface area (Å²) in [6.07, 6.45) is 8.79. The summed E-state index contributed by atoms with van der Waals surface area (Å²) in [5.41, 5.74) is 0. The van der Waals surface area contributed by atoms with Crippen LogP contribution < -0.4 is 5.32 Å². The average molecular weight is 224 g/mol. The van der Waals surface area contributed by atoms with E-state index in [1.54, 1.807) is 0 Å². The van der Waals surface area contributed by atoms with Crippen LogP contribution in [0, 0.1) is 11.8 Å². The van der Waals surface area contributed by atoms with Gasteiger partial charge in [-0.2, -0.15) is 0 Å². The topological polar surface area (TPSA) is 15.3 Å². The second-order valence-corrected chi connectivity index (χ2v) is 5.87. The summed E-state index contributed by atoms with van der Waals surface area (Å²) in [6.45, 7) is 5.94. The highest BCUT2D eigenvalue weighted by Gasteiger charge is 2.31.